The number of hydrogen-bond acceptors (Lipinski definition) is 3. The van der Waals surface area contributed by atoms with Crippen molar-refractivity contribution in [2.24, 2.45) is 0 Å². The number of allylic oxidation sites excluding steroid dienone is 4. The van der Waals surface area contributed by atoms with Crippen molar-refractivity contribution in [1.29, 1.82) is 0 Å². The maximum atomic E-state index is 11.6. The first-order valence-electron chi connectivity index (χ1n) is 8.30. The van der Waals surface area contributed by atoms with Gasteiger partial charge in [0.1, 0.15) is 0 Å². The molecule has 4 heteroatoms. The maximum absolute atomic E-state index is 11.6. The van der Waals surface area contributed by atoms with E-state index in [0.717, 1.165) is 18.9 Å². The van der Waals surface area contributed by atoms with Gasteiger partial charge in [-0.25, -0.2) is 9.59 Å². The van der Waals surface area contributed by atoms with Crippen LogP contribution in [-0.4, -0.2) is 23.7 Å². The van der Waals surface area contributed by atoms with E-state index in [1.807, 2.05) is 43.3 Å². The first-order chi connectivity index (χ1) is 12.5. The van der Waals surface area contributed by atoms with Gasteiger partial charge >= 0.3 is 11.9 Å². The number of hydrogen-bond donors (Lipinski definition) is 1. The number of ether oxygens (including phenoxy) is 1. The molecule has 1 N–H and O–H groups in total. The van der Waals surface area contributed by atoms with E-state index in [1.165, 1.54) is 29.9 Å². The maximum Gasteiger partial charge on any atom is 0.338 e. The Bertz CT molecular complexity index is 652. The van der Waals surface area contributed by atoms with Crippen LogP contribution in [0.3, 0.4) is 0 Å². The highest BCUT2D eigenvalue weighted by atomic mass is 16.5. The lowest BCUT2D eigenvalue weighted by Crippen LogP contribution is -2.07. The van der Waals surface area contributed by atoms with Crippen LogP contribution >= 0.6 is 0 Å². The third-order valence-electron chi connectivity index (χ3n) is 2.93. The second-order valence-electron chi connectivity index (χ2n) is 5.02. The highest BCUT2D eigenvalue weighted by molar-refractivity contribution is 5.92. The lowest BCUT2D eigenvalue weighted by molar-refractivity contribution is -0.138. The summed E-state index contributed by atoms with van der Waals surface area (Å²) in [6.07, 6.45) is 11.8. The van der Waals surface area contributed by atoms with Gasteiger partial charge in [-0.15, -0.1) is 0 Å². The number of carboxylic acids is 1. The molecular formula is C22H26O4. The number of unbranched alkanes of at least 4 members (excludes halogenated alkanes) is 1. The minimum absolute atomic E-state index is 0.281. The predicted octanol–water partition coefficient (Wildman–Crippen LogP) is 4.97. The molecule has 0 aliphatic carbocycles. The Morgan fingerprint density at radius 2 is 1.81 bits per heavy atom. The molecule has 0 atom stereocenters. The summed E-state index contributed by atoms with van der Waals surface area (Å²) in [5.41, 5.74) is 1.45. The molecule has 1 rings (SSSR count). The lowest BCUT2D eigenvalue weighted by atomic mass is 10.2. The molecular weight excluding hydrogens is 328 g/mol. The van der Waals surface area contributed by atoms with Crippen LogP contribution in [0.25, 0.3) is 6.08 Å². The summed E-state index contributed by atoms with van der Waals surface area (Å²) >= 11 is 0. The monoisotopic (exact) mass is 354 g/mol. The van der Waals surface area contributed by atoms with Gasteiger partial charge in [0.15, 0.2) is 0 Å². The van der Waals surface area contributed by atoms with Gasteiger partial charge in [0.25, 0.3) is 0 Å². The van der Waals surface area contributed by atoms with Gasteiger partial charge in [0.2, 0.25) is 0 Å². The molecule has 0 amide bonds. The fraction of sp³-hybridized carbons (Fsp3) is 0.182. The lowest BCUT2D eigenvalue weighted by Gasteiger charge is -2.03. The molecule has 0 aliphatic heterocycles. The Morgan fingerprint density at radius 3 is 2.31 bits per heavy atom. The molecule has 0 aromatic heterocycles. The fourth-order valence-electron chi connectivity index (χ4n) is 1.58. The smallest absolute Gasteiger partial charge is 0.338 e. The van der Waals surface area contributed by atoms with Crippen molar-refractivity contribution in [3.63, 3.8) is 0 Å². The van der Waals surface area contributed by atoms with E-state index < -0.39 is 11.9 Å². The summed E-state index contributed by atoms with van der Waals surface area (Å²) in [6, 6.07) is 10.0. The van der Waals surface area contributed by atoms with Crippen LogP contribution in [0.5, 0.6) is 0 Å². The summed E-state index contributed by atoms with van der Waals surface area (Å²) in [4.78, 5) is 22.0. The SMILES string of the molecule is C=CC=CC(=CC=CC(=O)O)C(=O)OCCCC.C=Cc1ccccc1. The molecule has 1 aromatic rings. The van der Waals surface area contributed by atoms with Gasteiger partial charge in [-0.2, -0.15) is 0 Å². The summed E-state index contributed by atoms with van der Waals surface area (Å²) in [6.45, 7) is 9.48. The average molecular weight is 354 g/mol. The Balaban J connectivity index is 0.000000642. The zero-order chi connectivity index (χ0) is 19.6. The van der Waals surface area contributed by atoms with Crippen molar-refractivity contribution >= 4 is 18.0 Å². The minimum atomic E-state index is -1.07. The summed E-state index contributed by atoms with van der Waals surface area (Å²) in [5.74, 6) is -1.55. The van der Waals surface area contributed by atoms with E-state index in [2.05, 4.69) is 13.2 Å². The van der Waals surface area contributed by atoms with Gasteiger partial charge in [-0.1, -0.05) is 81.1 Å². The first kappa shape index (κ1) is 22.9. The van der Waals surface area contributed by atoms with Crippen LogP contribution in [0.1, 0.15) is 25.3 Å². The summed E-state index contributed by atoms with van der Waals surface area (Å²) < 4.78 is 5.03. The summed E-state index contributed by atoms with van der Waals surface area (Å²) in [5, 5.41) is 8.45. The molecule has 138 valence electrons. The standard InChI is InChI=1S/C14H18O4.C8H8/c1-3-5-8-12(9-7-10-13(15)16)14(17)18-11-6-4-2;1-2-8-6-4-3-5-7-8/h3,5,7-10H,1,4,6,11H2,2H3,(H,15,16);2-7H,1H2. The number of carbonyl (C=O) groups excluding carboxylic acids is 1. The van der Waals surface area contributed by atoms with Crippen molar-refractivity contribution in [2.75, 3.05) is 6.61 Å². The van der Waals surface area contributed by atoms with Crippen LogP contribution in [0.15, 0.2) is 85.5 Å². The molecule has 0 heterocycles. The predicted molar refractivity (Wildman–Crippen MR) is 107 cm³/mol. The number of carboxylic acid groups (broad SMARTS) is 1. The number of esters is 1. The van der Waals surface area contributed by atoms with E-state index in [9.17, 15) is 9.59 Å². The van der Waals surface area contributed by atoms with Gasteiger partial charge in [-0.3, -0.25) is 0 Å². The topological polar surface area (TPSA) is 63.6 Å². The van der Waals surface area contributed by atoms with Gasteiger partial charge in [0, 0.05) is 6.08 Å². The molecule has 0 spiro atoms. The Morgan fingerprint density at radius 1 is 1.12 bits per heavy atom. The van der Waals surface area contributed by atoms with Crippen molar-refractivity contribution in [3.05, 3.63) is 91.1 Å². The first-order valence-corrected chi connectivity index (χ1v) is 8.30. The summed E-state index contributed by atoms with van der Waals surface area (Å²) in [7, 11) is 0. The Labute approximate surface area is 155 Å². The van der Waals surface area contributed by atoms with Crippen LogP contribution in [-0.2, 0) is 14.3 Å². The van der Waals surface area contributed by atoms with Crippen LogP contribution in [0, 0.1) is 0 Å². The van der Waals surface area contributed by atoms with Gasteiger partial charge < -0.3 is 9.84 Å². The average Bonchev–Trinajstić information content (AvgIpc) is 2.65. The molecule has 0 saturated heterocycles. The molecule has 0 radical (unpaired) electrons. The van der Waals surface area contributed by atoms with Gasteiger partial charge in [-0.05, 0) is 24.1 Å². The molecule has 4 nitrogen and oxygen atoms in total. The highest BCUT2D eigenvalue weighted by Gasteiger charge is 2.06. The van der Waals surface area contributed by atoms with Crippen molar-refractivity contribution in [2.45, 2.75) is 19.8 Å². The van der Waals surface area contributed by atoms with E-state index >= 15 is 0 Å². The number of benzene rings is 1. The normalized spacial score (nSPS) is 10.9. The van der Waals surface area contributed by atoms with Crippen LogP contribution < -0.4 is 0 Å². The molecule has 0 bridgehead atoms. The number of aliphatic carboxylic acids is 1. The molecule has 0 aliphatic rings. The van der Waals surface area contributed by atoms with Gasteiger partial charge in [0.05, 0.1) is 12.2 Å². The largest absolute Gasteiger partial charge is 0.478 e. The van der Waals surface area contributed by atoms with E-state index in [1.54, 1.807) is 6.08 Å². The van der Waals surface area contributed by atoms with E-state index in [-0.39, 0.29) is 5.57 Å². The second-order valence-corrected chi connectivity index (χ2v) is 5.02. The molecule has 0 fully saturated rings. The van der Waals surface area contributed by atoms with Crippen molar-refractivity contribution in [3.8, 4) is 0 Å². The van der Waals surface area contributed by atoms with E-state index in [0.29, 0.717) is 6.61 Å². The number of carbonyl (C=O) groups is 2. The molecule has 0 unspecified atom stereocenters. The molecule has 0 saturated carbocycles. The second kappa shape index (κ2) is 15.4. The highest BCUT2D eigenvalue weighted by Crippen LogP contribution is 2.03. The van der Waals surface area contributed by atoms with Crippen molar-refractivity contribution < 1.29 is 19.4 Å². The Hall–Kier alpha value is -3.14. The molecule has 26 heavy (non-hydrogen) atoms. The third kappa shape index (κ3) is 12.3. The number of rotatable bonds is 9. The third-order valence-corrected chi connectivity index (χ3v) is 2.93. The van der Waals surface area contributed by atoms with E-state index in [4.69, 9.17) is 9.84 Å². The Kier molecular flexibility index (Phi) is 13.5. The van der Waals surface area contributed by atoms with Crippen LogP contribution in [0.4, 0.5) is 0 Å². The quantitative estimate of drug-likeness (QED) is 0.294. The zero-order valence-electron chi connectivity index (χ0n) is 15.1. The molecule has 1 aromatic carbocycles. The fourth-order valence-corrected chi connectivity index (χ4v) is 1.58. The van der Waals surface area contributed by atoms with Crippen LogP contribution in [0.2, 0.25) is 0 Å². The van der Waals surface area contributed by atoms with Crippen molar-refractivity contribution in [1.82, 2.24) is 0 Å². The zero-order valence-corrected chi connectivity index (χ0v) is 15.1. The minimum Gasteiger partial charge on any atom is -0.478 e.